The number of nitrogens with one attached hydrogen (secondary N) is 1. The number of carbonyl (C=O) groups is 3. The Morgan fingerprint density at radius 1 is 1.24 bits per heavy atom. The molecule has 0 spiro atoms. The predicted molar refractivity (Wildman–Crippen MR) is 86.8 cm³/mol. The molecular formula is C17H22F2N2O4. The van der Waals surface area contributed by atoms with Crippen LogP contribution in [0.3, 0.4) is 0 Å². The zero-order chi connectivity index (χ0) is 19.0. The maximum absolute atomic E-state index is 13.5. The molecule has 1 aromatic rings. The molecule has 0 heterocycles. The average molecular weight is 356 g/mol. The van der Waals surface area contributed by atoms with E-state index in [2.05, 4.69) is 10.1 Å². The Labute approximate surface area is 145 Å². The van der Waals surface area contributed by atoms with Gasteiger partial charge in [-0.05, 0) is 32.4 Å². The minimum absolute atomic E-state index is 0.112. The zero-order valence-corrected chi connectivity index (χ0v) is 14.5. The van der Waals surface area contributed by atoms with Crippen molar-refractivity contribution in [2.45, 2.75) is 32.7 Å². The molecule has 0 saturated heterocycles. The summed E-state index contributed by atoms with van der Waals surface area (Å²) >= 11 is 0. The summed E-state index contributed by atoms with van der Waals surface area (Å²) in [6.45, 7) is 3.56. The molecule has 1 rings (SSSR count). The molecule has 0 fully saturated rings. The van der Waals surface area contributed by atoms with E-state index in [-0.39, 0.29) is 37.0 Å². The fraction of sp³-hybridized carbons (Fsp3) is 0.471. The molecule has 1 aromatic carbocycles. The molecular weight excluding hydrogens is 334 g/mol. The lowest BCUT2D eigenvalue weighted by atomic mass is 10.2. The van der Waals surface area contributed by atoms with Gasteiger partial charge in [0.05, 0.1) is 12.7 Å². The highest BCUT2D eigenvalue weighted by Gasteiger charge is 2.20. The highest BCUT2D eigenvalue weighted by atomic mass is 19.1. The number of hydrogen-bond donors (Lipinski definition) is 1. The van der Waals surface area contributed by atoms with Crippen molar-refractivity contribution in [3.63, 3.8) is 0 Å². The van der Waals surface area contributed by atoms with Gasteiger partial charge in [-0.25, -0.2) is 8.78 Å². The van der Waals surface area contributed by atoms with Crippen molar-refractivity contribution < 1.29 is 27.9 Å². The second-order valence-electron chi connectivity index (χ2n) is 5.68. The topological polar surface area (TPSA) is 75.7 Å². The Morgan fingerprint density at radius 3 is 2.48 bits per heavy atom. The van der Waals surface area contributed by atoms with Crippen LogP contribution >= 0.6 is 0 Å². The lowest BCUT2D eigenvalue weighted by Gasteiger charge is -2.25. The first kappa shape index (κ1) is 20.5. The van der Waals surface area contributed by atoms with Gasteiger partial charge in [0.1, 0.15) is 18.2 Å². The normalized spacial score (nSPS) is 10.5. The van der Waals surface area contributed by atoms with Crippen molar-refractivity contribution in [1.82, 2.24) is 10.2 Å². The van der Waals surface area contributed by atoms with Gasteiger partial charge in [0.2, 0.25) is 5.91 Å². The Balaban J connectivity index is 2.46. The van der Waals surface area contributed by atoms with Crippen molar-refractivity contribution in [3.8, 4) is 0 Å². The van der Waals surface area contributed by atoms with Crippen LogP contribution in [-0.2, 0) is 14.3 Å². The summed E-state index contributed by atoms with van der Waals surface area (Å²) in [5.74, 6) is -3.15. The molecule has 25 heavy (non-hydrogen) atoms. The second kappa shape index (κ2) is 9.71. The first-order chi connectivity index (χ1) is 11.8. The molecule has 138 valence electrons. The summed E-state index contributed by atoms with van der Waals surface area (Å²) in [5, 5.41) is 2.47. The van der Waals surface area contributed by atoms with Crippen LogP contribution in [0.1, 0.15) is 37.0 Å². The lowest BCUT2D eigenvalue weighted by Crippen LogP contribution is -2.41. The first-order valence-electron chi connectivity index (χ1n) is 7.85. The van der Waals surface area contributed by atoms with Gasteiger partial charge in [0.15, 0.2) is 0 Å². The van der Waals surface area contributed by atoms with E-state index in [4.69, 9.17) is 0 Å². The monoisotopic (exact) mass is 356 g/mol. The SMILES string of the molecule is COC(=O)CN(C(=O)CCCNC(=O)c1ccc(F)cc1F)C(C)C. The van der Waals surface area contributed by atoms with Crippen LogP contribution in [0.2, 0.25) is 0 Å². The summed E-state index contributed by atoms with van der Waals surface area (Å²) in [7, 11) is 1.25. The van der Waals surface area contributed by atoms with E-state index in [1.165, 1.54) is 12.0 Å². The molecule has 0 bridgehead atoms. The minimum Gasteiger partial charge on any atom is -0.468 e. The Bertz CT molecular complexity index is 635. The number of hydrogen-bond acceptors (Lipinski definition) is 4. The fourth-order valence-corrected chi connectivity index (χ4v) is 2.12. The van der Waals surface area contributed by atoms with Gasteiger partial charge in [0, 0.05) is 25.1 Å². The molecule has 0 unspecified atom stereocenters. The lowest BCUT2D eigenvalue weighted by molar-refractivity contribution is -0.148. The zero-order valence-electron chi connectivity index (χ0n) is 14.5. The molecule has 0 aliphatic heterocycles. The van der Waals surface area contributed by atoms with Gasteiger partial charge >= 0.3 is 5.97 Å². The number of rotatable bonds is 8. The van der Waals surface area contributed by atoms with Crippen LogP contribution in [-0.4, -0.2) is 48.9 Å². The van der Waals surface area contributed by atoms with E-state index in [0.29, 0.717) is 12.5 Å². The van der Waals surface area contributed by atoms with Crippen LogP contribution < -0.4 is 5.32 Å². The van der Waals surface area contributed by atoms with E-state index in [1.54, 1.807) is 13.8 Å². The third kappa shape index (κ3) is 6.48. The van der Waals surface area contributed by atoms with Crippen molar-refractivity contribution in [2.75, 3.05) is 20.2 Å². The van der Waals surface area contributed by atoms with E-state index in [1.807, 2.05) is 0 Å². The third-order valence-corrected chi connectivity index (χ3v) is 3.50. The smallest absolute Gasteiger partial charge is 0.325 e. The quantitative estimate of drug-likeness (QED) is 0.570. The van der Waals surface area contributed by atoms with Gasteiger partial charge in [-0.3, -0.25) is 14.4 Å². The fourth-order valence-electron chi connectivity index (χ4n) is 2.12. The average Bonchev–Trinajstić information content (AvgIpc) is 2.55. The summed E-state index contributed by atoms with van der Waals surface area (Å²) in [5.41, 5.74) is -0.262. The van der Waals surface area contributed by atoms with Gasteiger partial charge in [-0.1, -0.05) is 0 Å². The number of methoxy groups -OCH3 is 1. The van der Waals surface area contributed by atoms with Gasteiger partial charge in [0.25, 0.3) is 5.91 Å². The molecule has 0 aliphatic carbocycles. The maximum Gasteiger partial charge on any atom is 0.325 e. The van der Waals surface area contributed by atoms with Gasteiger partial charge < -0.3 is 15.0 Å². The van der Waals surface area contributed by atoms with E-state index >= 15 is 0 Å². The van der Waals surface area contributed by atoms with E-state index < -0.39 is 23.5 Å². The van der Waals surface area contributed by atoms with Crippen molar-refractivity contribution in [3.05, 3.63) is 35.4 Å². The standard InChI is InChI=1S/C17H22F2N2O4/c1-11(2)21(10-16(23)25-3)15(22)5-4-8-20-17(24)13-7-6-12(18)9-14(13)19/h6-7,9,11H,4-5,8,10H2,1-3H3,(H,20,24). The molecule has 0 aromatic heterocycles. The van der Waals surface area contributed by atoms with Crippen LogP contribution in [0.15, 0.2) is 18.2 Å². The maximum atomic E-state index is 13.5. The number of carbonyl (C=O) groups excluding carboxylic acids is 3. The van der Waals surface area contributed by atoms with Crippen LogP contribution in [0.25, 0.3) is 0 Å². The van der Waals surface area contributed by atoms with Crippen molar-refractivity contribution in [1.29, 1.82) is 0 Å². The Kier molecular flexibility index (Phi) is 7.97. The summed E-state index contributed by atoms with van der Waals surface area (Å²) < 4.78 is 30.9. The molecule has 8 heteroatoms. The summed E-state index contributed by atoms with van der Waals surface area (Å²) in [6.07, 6.45) is 0.430. The molecule has 2 amide bonds. The van der Waals surface area contributed by atoms with Crippen molar-refractivity contribution >= 4 is 17.8 Å². The molecule has 1 N–H and O–H groups in total. The van der Waals surface area contributed by atoms with Crippen LogP contribution in [0, 0.1) is 11.6 Å². The number of ether oxygens (including phenoxy) is 1. The van der Waals surface area contributed by atoms with Gasteiger partial charge in [-0.2, -0.15) is 0 Å². The number of halogens is 2. The Hall–Kier alpha value is -2.51. The van der Waals surface area contributed by atoms with E-state index in [0.717, 1.165) is 12.1 Å². The van der Waals surface area contributed by atoms with Crippen molar-refractivity contribution in [2.24, 2.45) is 0 Å². The predicted octanol–water partition coefficient (Wildman–Crippen LogP) is 1.88. The number of amides is 2. The van der Waals surface area contributed by atoms with E-state index in [9.17, 15) is 23.2 Å². The van der Waals surface area contributed by atoms with Crippen LogP contribution in [0.5, 0.6) is 0 Å². The highest BCUT2D eigenvalue weighted by molar-refractivity contribution is 5.94. The minimum atomic E-state index is -0.947. The second-order valence-corrected chi connectivity index (χ2v) is 5.68. The molecule has 0 saturated carbocycles. The number of nitrogens with zero attached hydrogens (tertiary/aromatic N) is 1. The Morgan fingerprint density at radius 2 is 1.92 bits per heavy atom. The highest BCUT2D eigenvalue weighted by Crippen LogP contribution is 2.09. The first-order valence-corrected chi connectivity index (χ1v) is 7.85. The molecule has 6 nitrogen and oxygen atoms in total. The van der Waals surface area contributed by atoms with Gasteiger partial charge in [-0.15, -0.1) is 0 Å². The third-order valence-electron chi connectivity index (χ3n) is 3.50. The molecule has 0 atom stereocenters. The molecule has 0 radical (unpaired) electrons. The number of benzene rings is 1. The summed E-state index contributed by atoms with van der Waals surface area (Å²) in [4.78, 5) is 36.7. The molecule has 0 aliphatic rings. The summed E-state index contributed by atoms with van der Waals surface area (Å²) in [6, 6.07) is 2.51. The largest absolute Gasteiger partial charge is 0.468 e. The number of esters is 1. The van der Waals surface area contributed by atoms with Crippen LogP contribution in [0.4, 0.5) is 8.78 Å².